The Labute approximate surface area is 217 Å². The summed E-state index contributed by atoms with van der Waals surface area (Å²) in [6.45, 7) is 4.70. The fraction of sp³-hybridized carbons (Fsp3) is 0.152. The first-order valence-corrected chi connectivity index (χ1v) is 12.5. The van der Waals surface area contributed by atoms with Gasteiger partial charge in [0.25, 0.3) is 5.91 Å². The second-order valence-corrected chi connectivity index (χ2v) is 9.49. The molecule has 0 bridgehead atoms. The van der Waals surface area contributed by atoms with Crippen LogP contribution in [0.3, 0.4) is 0 Å². The molecule has 0 saturated carbocycles. The van der Waals surface area contributed by atoms with Crippen LogP contribution in [0.1, 0.15) is 57.9 Å². The molecule has 0 spiro atoms. The molecule has 4 heteroatoms. The number of carbonyl (C=O) groups is 2. The van der Waals surface area contributed by atoms with Crippen molar-refractivity contribution >= 4 is 28.7 Å². The highest BCUT2D eigenvalue weighted by molar-refractivity contribution is 6.38. The molecule has 0 fully saturated rings. The summed E-state index contributed by atoms with van der Waals surface area (Å²) in [5.41, 5.74) is 7.94. The summed E-state index contributed by atoms with van der Waals surface area (Å²) < 4.78 is 4.88. The van der Waals surface area contributed by atoms with E-state index >= 15 is 0 Å². The van der Waals surface area contributed by atoms with E-state index in [0.29, 0.717) is 23.6 Å². The van der Waals surface area contributed by atoms with E-state index in [1.165, 1.54) is 12.7 Å². The van der Waals surface area contributed by atoms with Gasteiger partial charge in [-0.1, -0.05) is 98.8 Å². The summed E-state index contributed by atoms with van der Waals surface area (Å²) >= 11 is 0. The molecule has 0 radical (unpaired) electrons. The predicted molar refractivity (Wildman–Crippen MR) is 148 cm³/mol. The number of anilines is 1. The van der Waals surface area contributed by atoms with Gasteiger partial charge < -0.3 is 9.64 Å². The zero-order valence-electron chi connectivity index (χ0n) is 21.3. The molecule has 0 N–H and O–H groups in total. The van der Waals surface area contributed by atoms with E-state index in [1.807, 2.05) is 54.6 Å². The van der Waals surface area contributed by atoms with Crippen LogP contribution in [-0.4, -0.2) is 19.0 Å². The Bertz CT molecular complexity index is 1480. The summed E-state index contributed by atoms with van der Waals surface area (Å²) in [6.07, 6.45) is 0. The first-order chi connectivity index (χ1) is 18.0. The fourth-order valence-corrected chi connectivity index (χ4v) is 4.87. The average Bonchev–Trinajstić information content (AvgIpc) is 3.20. The smallest absolute Gasteiger partial charge is 0.337 e. The number of hydrogen-bond donors (Lipinski definition) is 0. The molecule has 1 aliphatic heterocycles. The lowest BCUT2D eigenvalue weighted by Crippen LogP contribution is -2.26. The van der Waals surface area contributed by atoms with E-state index in [9.17, 15) is 9.59 Å². The summed E-state index contributed by atoms with van der Waals surface area (Å²) in [5.74, 6) is -0.0322. The summed E-state index contributed by atoms with van der Waals surface area (Å²) in [7, 11) is 1.37. The van der Waals surface area contributed by atoms with Crippen LogP contribution in [0.15, 0.2) is 103 Å². The maximum atomic E-state index is 14.2. The monoisotopic (exact) mass is 487 g/mol. The minimum Gasteiger partial charge on any atom is -0.465 e. The number of rotatable bonds is 6. The van der Waals surface area contributed by atoms with Crippen molar-refractivity contribution < 1.29 is 14.3 Å². The molecule has 0 aromatic heterocycles. The molecule has 4 aromatic rings. The Hall–Kier alpha value is -4.44. The number of benzene rings is 4. The Morgan fingerprint density at radius 1 is 0.784 bits per heavy atom. The maximum absolute atomic E-state index is 14.2. The second kappa shape index (κ2) is 10.3. The number of hydrogen-bond acceptors (Lipinski definition) is 3. The molecular formula is C33H29NO3. The third-order valence-electron chi connectivity index (χ3n) is 6.79. The molecule has 1 amide bonds. The lowest BCUT2D eigenvalue weighted by atomic mass is 9.89. The van der Waals surface area contributed by atoms with Gasteiger partial charge in [0.15, 0.2) is 0 Å². The number of carbonyl (C=O) groups excluding carboxylic acids is 2. The maximum Gasteiger partial charge on any atom is 0.337 e. The molecule has 0 aliphatic carbocycles. The van der Waals surface area contributed by atoms with Crippen LogP contribution in [0.5, 0.6) is 0 Å². The van der Waals surface area contributed by atoms with E-state index < -0.39 is 5.97 Å². The van der Waals surface area contributed by atoms with Gasteiger partial charge in [-0.25, -0.2) is 4.79 Å². The summed E-state index contributed by atoms with van der Waals surface area (Å²) in [6, 6.07) is 33.8. The van der Waals surface area contributed by atoms with Crippen molar-refractivity contribution in [3.63, 3.8) is 0 Å². The van der Waals surface area contributed by atoms with Gasteiger partial charge in [-0.05, 0) is 46.4 Å². The Morgan fingerprint density at radius 2 is 1.43 bits per heavy atom. The molecule has 0 saturated heterocycles. The van der Waals surface area contributed by atoms with Gasteiger partial charge in [0.05, 0.1) is 30.5 Å². The molecule has 4 nitrogen and oxygen atoms in total. The number of nitrogens with zero attached hydrogens (tertiary/aromatic N) is 1. The Morgan fingerprint density at radius 3 is 2.14 bits per heavy atom. The molecule has 0 unspecified atom stereocenters. The molecule has 4 aromatic carbocycles. The second-order valence-electron chi connectivity index (χ2n) is 9.49. The van der Waals surface area contributed by atoms with Crippen LogP contribution < -0.4 is 4.90 Å². The molecule has 184 valence electrons. The number of methoxy groups -OCH3 is 1. The molecule has 0 atom stereocenters. The third-order valence-corrected chi connectivity index (χ3v) is 6.79. The van der Waals surface area contributed by atoms with E-state index in [0.717, 1.165) is 33.5 Å². The highest BCUT2D eigenvalue weighted by atomic mass is 16.5. The normalized spacial score (nSPS) is 14.1. The van der Waals surface area contributed by atoms with E-state index in [2.05, 4.69) is 50.2 Å². The van der Waals surface area contributed by atoms with Crippen molar-refractivity contribution in [1.82, 2.24) is 0 Å². The molecule has 37 heavy (non-hydrogen) atoms. The van der Waals surface area contributed by atoms with Crippen molar-refractivity contribution in [1.29, 1.82) is 0 Å². The van der Waals surface area contributed by atoms with Crippen LogP contribution in [-0.2, 0) is 16.1 Å². The molecule has 5 rings (SSSR count). The highest BCUT2D eigenvalue weighted by Gasteiger charge is 2.35. The zero-order chi connectivity index (χ0) is 25.9. The molecule has 1 heterocycles. The average molecular weight is 488 g/mol. The topological polar surface area (TPSA) is 46.6 Å². The van der Waals surface area contributed by atoms with E-state index in [1.54, 1.807) is 17.0 Å². The van der Waals surface area contributed by atoms with Crippen molar-refractivity contribution in [3.8, 4) is 0 Å². The third kappa shape index (κ3) is 4.70. The van der Waals surface area contributed by atoms with Crippen molar-refractivity contribution in [2.45, 2.75) is 26.3 Å². The quantitative estimate of drug-likeness (QED) is 0.215. The van der Waals surface area contributed by atoms with Gasteiger partial charge in [-0.15, -0.1) is 0 Å². The minimum absolute atomic E-state index is 0.0588. The van der Waals surface area contributed by atoms with Crippen LogP contribution in [0, 0.1) is 0 Å². The fourth-order valence-electron chi connectivity index (χ4n) is 4.87. The van der Waals surface area contributed by atoms with Crippen LogP contribution in [0.4, 0.5) is 5.69 Å². The highest BCUT2D eigenvalue weighted by Crippen LogP contribution is 2.43. The summed E-state index contributed by atoms with van der Waals surface area (Å²) in [5, 5.41) is 0. The van der Waals surface area contributed by atoms with E-state index in [4.69, 9.17) is 4.74 Å². The number of fused-ring (bicyclic) bond motifs is 1. The van der Waals surface area contributed by atoms with Crippen molar-refractivity contribution in [2.24, 2.45) is 0 Å². The standard InChI is InChI=1S/C33H29NO3/c1-22(2)24-16-18-26(19-17-24)30(25-11-5-4-6-12-25)31-28-14-7-8-15-29(28)34(32(31)35)21-23-10-9-13-27(20-23)33(36)37-3/h4-20,22H,21H2,1-3H3/b31-30+. The molecular weight excluding hydrogens is 458 g/mol. The van der Waals surface area contributed by atoms with Crippen LogP contribution in [0.2, 0.25) is 0 Å². The van der Waals surface area contributed by atoms with Gasteiger partial charge in [-0.3, -0.25) is 4.79 Å². The number of ether oxygens (including phenoxy) is 1. The van der Waals surface area contributed by atoms with Crippen molar-refractivity contribution in [3.05, 3.63) is 137 Å². The van der Waals surface area contributed by atoms with Gasteiger partial charge in [-0.2, -0.15) is 0 Å². The lowest BCUT2D eigenvalue weighted by molar-refractivity contribution is -0.113. The molecule has 1 aliphatic rings. The first kappa shape index (κ1) is 24.3. The lowest BCUT2D eigenvalue weighted by Gasteiger charge is -2.18. The number of amides is 1. The predicted octanol–water partition coefficient (Wildman–Crippen LogP) is 7.10. The Balaban J connectivity index is 1.66. The largest absolute Gasteiger partial charge is 0.465 e. The van der Waals surface area contributed by atoms with Gasteiger partial charge in [0, 0.05) is 11.1 Å². The van der Waals surface area contributed by atoms with Crippen LogP contribution >= 0.6 is 0 Å². The van der Waals surface area contributed by atoms with Gasteiger partial charge in [0.2, 0.25) is 0 Å². The van der Waals surface area contributed by atoms with Crippen molar-refractivity contribution in [2.75, 3.05) is 12.0 Å². The number of esters is 1. The van der Waals surface area contributed by atoms with Crippen LogP contribution in [0.25, 0.3) is 11.1 Å². The van der Waals surface area contributed by atoms with Gasteiger partial charge in [0.1, 0.15) is 0 Å². The SMILES string of the molecule is COC(=O)c1cccc(CN2C(=O)/C(=C(\c3ccccc3)c3ccc(C(C)C)cc3)c3ccccc32)c1. The van der Waals surface area contributed by atoms with Gasteiger partial charge >= 0.3 is 5.97 Å². The Kier molecular flexibility index (Phi) is 6.74. The summed E-state index contributed by atoms with van der Waals surface area (Å²) in [4.78, 5) is 28.1. The van der Waals surface area contributed by atoms with E-state index in [-0.39, 0.29) is 5.91 Å². The minimum atomic E-state index is -0.396. The number of para-hydroxylation sites is 1. The first-order valence-electron chi connectivity index (χ1n) is 12.5. The zero-order valence-corrected chi connectivity index (χ0v) is 21.3.